The van der Waals surface area contributed by atoms with Crippen molar-refractivity contribution >= 4 is 0 Å². The summed E-state index contributed by atoms with van der Waals surface area (Å²) in [5.41, 5.74) is -1.65. The molecule has 2 nitrogen and oxygen atoms in total. The van der Waals surface area contributed by atoms with Gasteiger partial charge < -0.3 is 10.2 Å². The molecule has 1 fully saturated rings. The van der Waals surface area contributed by atoms with Crippen molar-refractivity contribution in [1.82, 2.24) is 0 Å². The number of halogens is 2. The van der Waals surface area contributed by atoms with Crippen LogP contribution in [0, 0.1) is 6.61 Å². The summed E-state index contributed by atoms with van der Waals surface area (Å²) >= 11 is 0. The molecule has 0 saturated heterocycles. The molecule has 1 saturated carbocycles. The molecule has 0 heterocycles. The Morgan fingerprint density at radius 2 is 1.90 bits per heavy atom. The van der Waals surface area contributed by atoms with Gasteiger partial charge in [-0.05, 0) is 6.42 Å². The van der Waals surface area contributed by atoms with Crippen molar-refractivity contribution < 1.29 is 19.0 Å². The molecular formula is C6H9F2O2. The summed E-state index contributed by atoms with van der Waals surface area (Å²) in [5, 5.41) is 17.4. The average Bonchev–Trinajstić information content (AvgIpc) is 2.08. The molecule has 59 valence electrons. The first-order valence-electron chi connectivity index (χ1n) is 3.06. The highest BCUT2D eigenvalue weighted by Crippen LogP contribution is 2.42. The molecule has 4 heteroatoms. The summed E-state index contributed by atoms with van der Waals surface area (Å²) in [7, 11) is 0. The maximum atomic E-state index is 12.3. The van der Waals surface area contributed by atoms with E-state index >= 15 is 0 Å². The van der Waals surface area contributed by atoms with Gasteiger partial charge in [0.25, 0.3) is 5.92 Å². The smallest absolute Gasteiger partial charge is 0.251 e. The number of hydrogen-bond donors (Lipinski definition) is 2. The molecule has 1 radical (unpaired) electrons. The second kappa shape index (κ2) is 2.13. The third-order valence-corrected chi connectivity index (χ3v) is 1.73. The van der Waals surface area contributed by atoms with Crippen LogP contribution in [0.15, 0.2) is 0 Å². The van der Waals surface area contributed by atoms with E-state index in [0.717, 1.165) is 0 Å². The Hall–Kier alpha value is -0.220. The predicted octanol–water partition coefficient (Wildman–Crippen LogP) is 1.07. The Balaban J connectivity index is 2.57. The second-order valence-electron chi connectivity index (χ2n) is 2.77. The van der Waals surface area contributed by atoms with Gasteiger partial charge in [0.2, 0.25) is 0 Å². The van der Waals surface area contributed by atoms with Gasteiger partial charge in [0.1, 0.15) is 6.61 Å². The summed E-state index contributed by atoms with van der Waals surface area (Å²) in [4.78, 5) is 0. The minimum Gasteiger partial charge on any atom is -0.387 e. The summed E-state index contributed by atoms with van der Waals surface area (Å²) in [6.07, 6.45) is -1.06. The van der Waals surface area contributed by atoms with E-state index in [2.05, 4.69) is 0 Å². The maximum Gasteiger partial charge on any atom is 0.251 e. The van der Waals surface area contributed by atoms with Crippen LogP contribution in [0.5, 0.6) is 0 Å². The van der Waals surface area contributed by atoms with Crippen molar-refractivity contribution in [2.45, 2.75) is 30.8 Å². The van der Waals surface area contributed by atoms with E-state index in [1.54, 1.807) is 0 Å². The molecule has 1 unspecified atom stereocenters. The SMILES string of the molecule is O[CH]C1(O)CCC(F)(F)C1. The average molecular weight is 151 g/mol. The maximum absolute atomic E-state index is 12.3. The molecule has 0 bridgehead atoms. The van der Waals surface area contributed by atoms with Crippen molar-refractivity contribution in [3.05, 3.63) is 6.61 Å². The molecule has 1 rings (SSSR count). The molecule has 1 atom stereocenters. The second-order valence-corrected chi connectivity index (χ2v) is 2.77. The van der Waals surface area contributed by atoms with Crippen LogP contribution < -0.4 is 0 Å². The third kappa shape index (κ3) is 1.44. The lowest BCUT2D eigenvalue weighted by molar-refractivity contribution is -0.0352. The molecule has 0 spiro atoms. The number of rotatable bonds is 1. The van der Waals surface area contributed by atoms with Crippen LogP contribution in [0.4, 0.5) is 8.78 Å². The molecule has 0 aliphatic heterocycles. The van der Waals surface area contributed by atoms with Crippen molar-refractivity contribution in [2.24, 2.45) is 0 Å². The third-order valence-electron chi connectivity index (χ3n) is 1.73. The van der Waals surface area contributed by atoms with E-state index in [4.69, 9.17) is 10.2 Å². The lowest BCUT2D eigenvalue weighted by Gasteiger charge is -2.17. The van der Waals surface area contributed by atoms with Gasteiger partial charge in [-0.15, -0.1) is 0 Å². The predicted molar refractivity (Wildman–Crippen MR) is 30.0 cm³/mol. The zero-order chi connectivity index (χ0) is 7.83. The zero-order valence-corrected chi connectivity index (χ0v) is 5.35. The lowest BCUT2D eigenvalue weighted by atomic mass is 10.0. The number of aliphatic hydroxyl groups is 2. The van der Waals surface area contributed by atoms with Gasteiger partial charge in [-0.25, -0.2) is 8.78 Å². The van der Waals surface area contributed by atoms with E-state index in [1.165, 1.54) is 0 Å². The first kappa shape index (κ1) is 7.88. The normalized spacial score (nSPS) is 38.4. The van der Waals surface area contributed by atoms with Gasteiger partial charge in [0.05, 0.1) is 5.60 Å². The largest absolute Gasteiger partial charge is 0.387 e. The van der Waals surface area contributed by atoms with Crippen LogP contribution in [0.3, 0.4) is 0 Å². The van der Waals surface area contributed by atoms with Crippen molar-refractivity contribution in [3.8, 4) is 0 Å². The molecule has 0 aromatic heterocycles. The van der Waals surface area contributed by atoms with Gasteiger partial charge in [-0.2, -0.15) is 0 Å². The molecule has 0 aromatic rings. The van der Waals surface area contributed by atoms with Gasteiger partial charge in [-0.3, -0.25) is 0 Å². The zero-order valence-electron chi connectivity index (χ0n) is 5.35. The first-order chi connectivity index (χ1) is 4.47. The van der Waals surface area contributed by atoms with Crippen LogP contribution in [0.2, 0.25) is 0 Å². The number of hydrogen-bond acceptors (Lipinski definition) is 2. The fraction of sp³-hybridized carbons (Fsp3) is 0.833. The Labute approximate surface area is 57.5 Å². The molecule has 1 aliphatic rings. The van der Waals surface area contributed by atoms with Crippen LogP contribution in [-0.4, -0.2) is 21.7 Å². The molecule has 2 N–H and O–H groups in total. The Kier molecular flexibility index (Phi) is 1.68. The Morgan fingerprint density at radius 1 is 1.30 bits per heavy atom. The first-order valence-corrected chi connectivity index (χ1v) is 3.06. The van der Waals surface area contributed by atoms with Gasteiger partial charge in [0.15, 0.2) is 0 Å². The van der Waals surface area contributed by atoms with Crippen LogP contribution >= 0.6 is 0 Å². The standard InChI is InChI=1S/C6H9F2O2/c7-6(8)2-1-5(10,3-6)4-9/h4,9-10H,1-3H2. The van der Waals surface area contributed by atoms with Crippen molar-refractivity contribution in [1.29, 1.82) is 0 Å². The summed E-state index contributed by atoms with van der Waals surface area (Å²) in [5.74, 6) is -2.81. The van der Waals surface area contributed by atoms with Crippen LogP contribution in [0.1, 0.15) is 19.3 Å². The van der Waals surface area contributed by atoms with Gasteiger partial charge >= 0.3 is 0 Å². The van der Waals surface area contributed by atoms with Gasteiger partial charge in [-0.1, -0.05) is 0 Å². The molecular weight excluding hydrogens is 142 g/mol. The highest BCUT2D eigenvalue weighted by Gasteiger charge is 2.48. The minimum absolute atomic E-state index is 0.0590. The van der Waals surface area contributed by atoms with Crippen molar-refractivity contribution in [2.75, 3.05) is 0 Å². The molecule has 0 amide bonds. The fourth-order valence-corrected chi connectivity index (χ4v) is 1.13. The van der Waals surface area contributed by atoms with Crippen LogP contribution in [0.25, 0.3) is 0 Å². The minimum atomic E-state index is -2.81. The summed E-state index contributed by atoms with van der Waals surface area (Å²) < 4.78 is 24.7. The molecule has 0 aromatic carbocycles. The van der Waals surface area contributed by atoms with E-state index in [0.29, 0.717) is 6.61 Å². The van der Waals surface area contributed by atoms with E-state index < -0.39 is 17.9 Å². The number of aliphatic hydroxyl groups excluding tert-OH is 1. The number of alkyl halides is 2. The highest BCUT2D eigenvalue weighted by molar-refractivity contribution is 4.97. The summed E-state index contributed by atoms with van der Waals surface area (Å²) in [6, 6.07) is 0. The molecule has 1 aliphatic carbocycles. The van der Waals surface area contributed by atoms with E-state index in [9.17, 15) is 8.78 Å². The topological polar surface area (TPSA) is 40.5 Å². The van der Waals surface area contributed by atoms with E-state index in [1.807, 2.05) is 0 Å². The summed E-state index contributed by atoms with van der Waals surface area (Å²) in [6.45, 7) is 0.452. The lowest BCUT2D eigenvalue weighted by Crippen LogP contribution is -2.27. The monoisotopic (exact) mass is 151 g/mol. The molecule has 10 heavy (non-hydrogen) atoms. The van der Waals surface area contributed by atoms with Crippen LogP contribution in [-0.2, 0) is 0 Å². The fourth-order valence-electron chi connectivity index (χ4n) is 1.13. The Morgan fingerprint density at radius 3 is 2.10 bits per heavy atom. The van der Waals surface area contributed by atoms with E-state index in [-0.39, 0.29) is 12.8 Å². The highest BCUT2D eigenvalue weighted by atomic mass is 19.3. The quantitative estimate of drug-likeness (QED) is 0.588. The van der Waals surface area contributed by atoms with Gasteiger partial charge in [0, 0.05) is 12.8 Å². The van der Waals surface area contributed by atoms with Crippen molar-refractivity contribution in [3.63, 3.8) is 0 Å². The Bertz CT molecular complexity index is 138.